The van der Waals surface area contributed by atoms with Gasteiger partial charge in [0.15, 0.2) is 0 Å². The molecule has 6 fully saturated rings. The molecule has 10 atom stereocenters. The normalized spacial score (nSPS) is 25.6. The number of primary sulfonamides is 1. The van der Waals surface area contributed by atoms with E-state index in [1.807, 2.05) is 114 Å². The average Bonchev–Trinajstić information content (AvgIpc) is 1.58. The number of alkyl carbamates (subject to hydrolysis) is 2. The summed E-state index contributed by atoms with van der Waals surface area (Å²) in [4.78, 5) is 134. The summed E-state index contributed by atoms with van der Waals surface area (Å²) in [6.07, 6.45) is 18.9. The second-order valence-corrected chi connectivity index (χ2v) is 36.8. The minimum atomic E-state index is -4.14. The lowest BCUT2D eigenvalue weighted by atomic mass is 10.0. The van der Waals surface area contributed by atoms with E-state index in [2.05, 4.69) is 26.0 Å². The zero-order valence-corrected chi connectivity index (χ0v) is 69.0. The topological polar surface area (TPSA) is 406 Å². The van der Waals surface area contributed by atoms with Gasteiger partial charge < -0.3 is 55.1 Å². The van der Waals surface area contributed by atoms with Crippen molar-refractivity contribution < 1.29 is 79.2 Å². The van der Waals surface area contributed by atoms with Crippen LogP contribution < -0.4 is 40.6 Å². The number of sulfonamides is 2. The number of thiophene rings is 2. The molecule has 29 nitrogen and oxygen atoms in total. The Balaban J connectivity index is 0.000000175. The molecule has 2 unspecified atom stereocenters. The largest absolute Gasteiger partial charge is 0.479 e. The number of aliphatic carboxylic acids is 1. The van der Waals surface area contributed by atoms with Crippen LogP contribution in [0.15, 0.2) is 169 Å². The van der Waals surface area contributed by atoms with E-state index in [-0.39, 0.29) is 74.4 Å². The van der Waals surface area contributed by atoms with Crippen LogP contribution in [0.5, 0.6) is 11.8 Å². The van der Waals surface area contributed by atoms with Gasteiger partial charge in [-0.25, -0.2) is 56.3 Å². The lowest BCUT2D eigenvalue weighted by Gasteiger charge is -2.30. The SMILES string of the molecule is NS(=O)(=O)Cc1ccccc1.O=C(N[C@H]1CCCCC/C=C\C2C[C@]2(C(=O)NS(=O)(=O)Cc2ccccc2)NC(=O)[C@@H]2C[C@@H](Oc3nc4ccccc4nc3-c3cccs3)CN2C1=O)OC1CCCC1.O=C(N[C@H]1CCCCC/C=C\C2C[C@]2(C(=O)O)NC(=O)[C@@H]2C[C@@H](Oc3nc4ccccc4nc3-c3cccs3)CN2C1=O)OC1CCCC1. The summed E-state index contributed by atoms with van der Waals surface area (Å²) in [5.74, 6) is -4.85. The first kappa shape index (κ1) is 84.7. The number of carbonyl (C=O) groups is 8. The molecule has 7 amide bonds. The number of carboxylic acids is 1. The van der Waals surface area contributed by atoms with E-state index in [1.165, 1.54) is 32.5 Å². The molecule has 16 rings (SSSR count). The molecule has 8 aromatic rings. The van der Waals surface area contributed by atoms with Gasteiger partial charge in [-0.2, -0.15) is 0 Å². The lowest BCUT2D eigenvalue weighted by molar-refractivity contribution is -0.145. The second kappa shape index (κ2) is 38.1. The summed E-state index contributed by atoms with van der Waals surface area (Å²) < 4.78 is 74.4. The zero-order valence-electron chi connectivity index (χ0n) is 65.7. The Morgan fingerprint density at radius 2 is 0.899 bits per heavy atom. The van der Waals surface area contributed by atoms with Gasteiger partial charge in [-0.1, -0.05) is 147 Å². The van der Waals surface area contributed by atoms with Crippen molar-refractivity contribution in [2.45, 2.75) is 212 Å². The fourth-order valence-corrected chi connectivity index (χ4v) is 19.7. The number of benzene rings is 4. The van der Waals surface area contributed by atoms with Gasteiger partial charge in [0.25, 0.3) is 5.91 Å². The maximum Gasteiger partial charge on any atom is 0.408 e. The van der Waals surface area contributed by atoms with Crippen LogP contribution in [0.4, 0.5) is 9.59 Å². The zero-order chi connectivity index (χ0) is 83.3. The first-order valence-electron chi connectivity index (χ1n) is 40.8. The van der Waals surface area contributed by atoms with Gasteiger partial charge in [0, 0.05) is 24.7 Å². The van der Waals surface area contributed by atoms with Crippen molar-refractivity contribution in [3.63, 3.8) is 0 Å². The highest BCUT2D eigenvalue weighted by atomic mass is 32.2. The van der Waals surface area contributed by atoms with Crippen molar-refractivity contribution in [3.05, 3.63) is 180 Å². The van der Waals surface area contributed by atoms with Crippen molar-refractivity contribution in [3.8, 4) is 32.9 Å². The highest BCUT2D eigenvalue weighted by Gasteiger charge is 2.63. The third-order valence-corrected chi connectivity index (χ3v) is 26.5. The molecule has 0 spiro atoms. The first-order chi connectivity index (χ1) is 57.4. The number of fused-ring (bicyclic) bond motifs is 6. The fourth-order valence-electron chi connectivity index (χ4n) is 16.4. The smallest absolute Gasteiger partial charge is 0.408 e. The molecule has 4 aromatic carbocycles. The fraction of sp³-hybridized carbons (Fsp3) is 0.442. The van der Waals surface area contributed by atoms with Gasteiger partial charge in [0.2, 0.25) is 55.4 Å². The van der Waals surface area contributed by atoms with Crippen molar-refractivity contribution in [1.82, 2.24) is 55.7 Å². The maximum atomic E-state index is 14.7. The summed E-state index contributed by atoms with van der Waals surface area (Å²) >= 11 is 2.97. The number of carbonyl (C=O) groups excluding carboxylic acids is 7. The van der Waals surface area contributed by atoms with Crippen LogP contribution in [-0.2, 0) is 69.8 Å². The molecule has 33 heteroatoms. The van der Waals surface area contributed by atoms with Crippen molar-refractivity contribution in [1.29, 1.82) is 0 Å². The number of aromatic nitrogens is 4. The third-order valence-electron chi connectivity index (χ3n) is 22.8. The van der Waals surface area contributed by atoms with Crippen LogP contribution in [0.2, 0.25) is 0 Å². The highest BCUT2D eigenvalue weighted by molar-refractivity contribution is 7.89. The number of allylic oxidation sites excluding steroid dienone is 2. The number of para-hydroxylation sites is 4. The standard InChI is InChI=1S/C43H48N6O8S2.C36H41N5O7S.C7H9NO2S/c50-38-35-24-31(56-39-37(36-22-13-23-58-36)44-32-19-11-12-20-33(32)45-39)26-49(35)40(51)34(46-42(53)57-30-17-9-10-18-30)21-8-3-1-2-7-16-29-25-43(29,47-38)41(52)48-59(54,55)27-28-14-5-4-6-15-28;42-31-28-19-24(47-32-30(29-17-10-18-49-29)37-25-14-8-9-15-26(25)38-32)21-41(28)33(43)27(39-35(46)48-23-12-6-7-13-23)16-5-3-1-2-4-11-22-20-36(22,40-31)34(44)45;8-11(9,10)6-7-4-2-1-3-5-7/h4-7,11-16,19-20,22-23,29-31,34-35H,1-3,8-10,17-18,21,24-27H2,(H,46,53)(H,47,50)(H,48,52);4,8-11,14-15,17-18,22-24,27-28H,1-3,5-7,12-13,16,19-21H2,(H,39,46)(H,40,42)(H,44,45);1-5H,6H2,(H2,8,9,10)/b16-7-;11-4-;/t29?,31-,34+,35+,43+;22?,24-,27+,28+,36+;/m11./s1. The minimum Gasteiger partial charge on any atom is -0.479 e. The Morgan fingerprint density at radius 1 is 0.496 bits per heavy atom. The van der Waals surface area contributed by atoms with E-state index < -0.39 is 127 Å². The second-order valence-electron chi connectivity index (χ2n) is 31.6. The number of nitrogens with one attached hydrogen (secondary N) is 5. The van der Waals surface area contributed by atoms with E-state index in [0.29, 0.717) is 71.1 Å². The molecule has 8 heterocycles. The highest BCUT2D eigenvalue weighted by Crippen LogP contribution is 2.48. The predicted molar refractivity (Wildman–Crippen MR) is 447 cm³/mol. The maximum absolute atomic E-state index is 14.7. The Bertz CT molecular complexity index is 5270. The number of hydrogen-bond acceptors (Lipinski definition) is 22. The van der Waals surface area contributed by atoms with Crippen molar-refractivity contribution >= 4 is 112 Å². The molecule has 0 bridgehead atoms. The predicted octanol–water partition coefficient (Wildman–Crippen LogP) is 11.5. The van der Waals surface area contributed by atoms with Gasteiger partial charge in [-0.15, -0.1) is 22.7 Å². The van der Waals surface area contributed by atoms with E-state index in [0.717, 1.165) is 98.8 Å². The Morgan fingerprint density at radius 3 is 1.33 bits per heavy atom. The molecule has 4 aliphatic heterocycles. The Labute approximate surface area is 698 Å². The number of nitrogens with two attached hydrogens (primary N) is 1. The molecule has 0 radical (unpaired) electrons. The first-order valence-corrected chi connectivity index (χ1v) is 45.9. The number of amides is 7. The molecular formula is C86H98N12O17S4. The molecule has 2 saturated heterocycles. The summed E-state index contributed by atoms with van der Waals surface area (Å²) in [5, 5.41) is 30.2. The summed E-state index contributed by atoms with van der Waals surface area (Å²) in [5.41, 5.74) is 1.94. The van der Waals surface area contributed by atoms with Crippen LogP contribution in [-0.4, -0.2) is 172 Å². The van der Waals surface area contributed by atoms with Crippen molar-refractivity contribution in [2.75, 3.05) is 13.1 Å². The van der Waals surface area contributed by atoms with E-state index in [4.69, 9.17) is 44.0 Å². The number of carboxylic acid groups (broad SMARTS) is 1. The average molecular weight is 1700 g/mol. The van der Waals surface area contributed by atoms with Gasteiger partial charge >= 0.3 is 18.2 Å². The Kier molecular flexibility index (Phi) is 27.1. The number of rotatable bonds is 17. The van der Waals surface area contributed by atoms with Gasteiger partial charge in [-0.05, 0) is 161 Å². The molecule has 8 N–H and O–H groups in total. The minimum absolute atomic E-state index is 0.0275. The molecule has 4 saturated carbocycles. The van der Waals surface area contributed by atoms with Crippen LogP contribution in [0, 0.1) is 11.8 Å². The van der Waals surface area contributed by atoms with Crippen LogP contribution in [0.3, 0.4) is 0 Å². The van der Waals surface area contributed by atoms with Crippen LogP contribution >= 0.6 is 22.7 Å². The molecule has 4 aromatic heterocycles. The van der Waals surface area contributed by atoms with Crippen LogP contribution in [0.1, 0.15) is 152 Å². The van der Waals surface area contributed by atoms with Gasteiger partial charge in [-0.3, -0.25) is 28.7 Å². The summed E-state index contributed by atoms with van der Waals surface area (Å²) in [6.45, 7) is 0.00764. The lowest BCUT2D eigenvalue weighted by Crippen LogP contribution is -2.58. The number of nitrogens with zero attached hydrogens (tertiary/aromatic N) is 6. The quantitative estimate of drug-likeness (QED) is 0.0416. The number of ether oxygens (including phenoxy) is 4. The molecule has 8 aliphatic rings. The molecule has 119 heavy (non-hydrogen) atoms. The van der Waals surface area contributed by atoms with Crippen molar-refractivity contribution in [2.24, 2.45) is 17.0 Å². The van der Waals surface area contributed by atoms with E-state index in [9.17, 15) is 60.3 Å². The summed E-state index contributed by atoms with van der Waals surface area (Å²) in [6, 6.07) is 35.8. The number of hydrogen-bond donors (Lipinski definition) is 7. The molecule has 628 valence electrons. The third kappa shape index (κ3) is 21.7. The molecule has 4 aliphatic carbocycles. The monoisotopic (exact) mass is 1700 g/mol. The molecular weight excluding hydrogens is 1600 g/mol. The van der Waals surface area contributed by atoms with E-state index >= 15 is 0 Å². The van der Waals surface area contributed by atoms with E-state index in [1.54, 1.807) is 54.6 Å². The van der Waals surface area contributed by atoms with Crippen LogP contribution in [0.25, 0.3) is 43.2 Å². The van der Waals surface area contributed by atoms with Gasteiger partial charge in [0.1, 0.15) is 71.0 Å². The summed E-state index contributed by atoms with van der Waals surface area (Å²) in [7, 11) is -7.51. The Hall–Kier alpha value is -10.7. The van der Waals surface area contributed by atoms with Gasteiger partial charge in [0.05, 0.1) is 56.4 Å².